The number of imide groups is 1. The zero-order valence-corrected chi connectivity index (χ0v) is 14.4. The molecule has 9 heteroatoms. The summed E-state index contributed by atoms with van der Waals surface area (Å²) in [5, 5.41) is 5.29. The standard InChI is InChI=1S/C15H10ClN3O3S2/c16-9-3-1-8(2-4-9)5-10-7-17-14(23-10)18-12(20)6-11-13(21)19-15(22)24-11/h1-4,6-7H,5H2,(H,17,18,20)(H,19,21,22)/b11-6+. The van der Waals surface area contributed by atoms with E-state index in [4.69, 9.17) is 11.6 Å². The number of amides is 3. The molecule has 1 aromatic heterocycles. The first-order valence-electron chi connectivity index (χ1n) is 6.74. The molecule has 3 amide bonds. The van der Waals surface area contributed by atoms with Crippen LogP contribution in [0, 0.1) is 0 Å². The second-order valence-corrected chi connectivity index (χ2v) is 7.34. The number of halogens is 1. The maximum absolute atomic E-state index is 11.9. The van der Waals surface area contributed by atoms with Gasteiger partial charge in [-0.3, -0.25) is 25.0 Å². The molecule has 0 atom stereocenters. The summed E-state index contributed by atoms with van der Waals surface area (Å²) in [5.41, 5.74) is 1.08. The number of benzene rings is 1. The van der Waals surface area contributed by atoms with Gasteiger partial charge in [-0.15, -0.1) is 11.3 Å². The molecule has 1 fully saturated rings. The number of nitrogens with zero attached hydrogens (tertiary/aromatic N) is 1. The number of nitrogens with one attached hydrogen (secondary N) is 2. The Balaban J connectivity index is 1.62. The average molecular weight is 380 g/mol. The first kappa shape index (κ1) is 16.7. The van der Waals surface area contributed by atoms with E-state index in [1.54, 1.807) is 6.20 Å². The molecule has 0 bridgehead atoms. The smallest absolute Gasteiger partial charge is 0.290 e. The molecular formula is C15H10ClN3O3S2. The number of rotatable bonds is 4. The molecular weight excluding hydrogens is 370 g/mol. The third-order valence-electron chi connectivity index (χ3n) is 2.98. The molecule has 2 aromatic rings. The van der Waals surface area contributed by atoms with Crippen molar-refractivity contribution in [2.75, 3.05) is 5.32 Å². The number of carbonyl (C=O) groups is 3. The number of thioether (sulfide) groups is 1. The van der Waals surface area contributed by atoms with Gasteiger partial charge < -0.3 is 0 Å². The van der Waals surface area contributed by atoms with Gasteiger partial charge in [-0.05, 0) is 29.5 Å². The molecule has 0 unspecified atom stereocenters. The van der Waals surface area contributed by atoms with Crippen LogP contribution in [0.4, 0.5) is 9.93 Å². The fourth-order valence-corrected chi connectivity index (χ4v) is 3.56. The van der Waals surface area contributed by atoms with Crippen LogP contribution in [0.25, 0.3) is 0 Å². The molecule has 1 saturated heterocycles. The summed E-state index contributed by atoms with van der Waals surface area (Å²) < 4.78 is 0. The van der Waals surface area contributed by atoms with Crippen LogP contribution >= 0.6 is 34.7 Å². The molecule has 24 heavy (non-hydrogen) atoms. The average Bonchev–Trinajstić information content (AvgIpc) is 3.08. The molecule has 0 aliphatic carbocycles. The minimum Gasteiger partial charge on any atom is -0.298 e. The lowest BCUT2D eigenvalue weighted by atomic mass is 10.1. The van der Waals surface area contributed by atoms with Gasteiger partial charge >= 0.3 is 0 Å². The molecule has 0 radical (unpaired) electrons. The lowest BCUT2D eigenvalue weighted by Gasteiger charge is -1.98. The molecule has 0 spiro atoms. The van der Waals surface area contributed by atoms with E-state index in [2.05, 4.69) is 15.6 Å². The monoisotopic (exact) mass is 379 g/mol. The van der Waals surface area contributed by atoms with Crippen LogP contribution < -0.4 is 10.6 Å². The fourth-order valence-electron chi connectivity index (χ4n) is 1.93. The second-order valence-electron chi connectivity index (χ2n) is 4.78. The molecule has 6 nitrogen and oxygen atoms in total. The predicted octanol–water partition coefficient (Wildman–Crippen LogP) is 3.19. The lowest BCUT2D eigenvalue weighted by molar-refractivity contribution is -0.116. The maximum Gasteiger partial charge on any atom is 0.290 e. The highest BCUT2D eigenvalue weighted by Gasteiger charge is 2.26. The van der Waals surface area contributed by atoms with Crippen molar-refractivity contribution in [2.24, 2.45) is 0 Å². The van der Waals surface area contributed by atoms with Gasteiger partial charge in [0, 0.05) is 28.6 Å². The van der Waals surface area contributed by atoms with Crippen molar-refractivity contribution in [1.29, 1.82) is 0 Å². The summed E-state index contributed by atoms with van der Waals surface area (Å²) in [6.45, 7) is 0. The Hall–Kier alpha value is -2.16. The lowest BCUT2D eigenvalue weighted by Crippen LogP contribution is -2.18. The van der Waals surface area contributed by atoms with Gasteiger partial charge in [0.05, 0.1) is 4.91 Å². The first-order valence-corrected chi connectivity index (χ1v) is 8.76. The van der Waals surface area contributed by atoms with E-state index >= 15 is 0 Å². The molecule has 1 aromatic carbocycles. The Morgan fingerprint density at radius 3 is 2.71 bits per heavy atom. The minimum absolute atomic E-state index is 0.0652. The molecule has 1 aliphatic heterocycles. The summed E-state index contributed by atoms with van der Waals surface area (Å²) in [6, 6.07) is 7.49. The topological polar surface area (TPSA) is 88.2 Å². The zero-order valence-electron chi connectivity index (χ0n) is 12.0. The third-order valence-corrected chi connectivity index (χ3v) is 4.95. The molecule has 2 N–H and O–H groups in total. The highest BCUT2D eigenvalue weighted by Crippen LogP contribution is 2.24. The first-order chi connectivity index (χ1) is 11.5. The normalized spacial score (nSPS) is 15.6. The van der Waals surface area contributed by atoms with Crippen molar-refractivity contribution in [3.8, 4) is 0 Å². The number of thiazole rings is 1. The molecule has 2 heterocycles. The minimum atomic E-state index is -0.567. The number of anilines is 1. The predicted molar refractivity (Wildman–Crippen MR) is 94.2 cm³/mol. The van der Waals surface area contributed by atoms with E-state index in [1.807, 2.05) is 24.3 Å². The SMILES string of the molecule is O=C(/C=C1/SC(=O)NC1=O)Nc1ncc(Cc2ccc(Cl)cc2)s1. The molecule has 3 rings (SSSR count). The van der Waals surface area contributed by atoms with Crippen molar-refractivity contribution >= 4 is 56.9 Å². The summed E-state index contributed by atoms with van der Waals surface area (Å²) >= 11 is 7.88. The highest BCUT2D eigenvalue weighted by molar-refractivity contribution is 8.18. The van der Waals surface area contributed by atoms with Crippen molar-refractivity contribution < 1.29 is 14.4 Å². The second kappa shape index (κ2) is 7.16. The van der Waals surface area contributed by atoms with Gasteiger partial charge in [-0.2, -0.15) is 0 Å². The quantitative estimate of drug-likeness (QED) is 0.796. The Bertz CT molecular complexity index is 846. The highest BCUT2D eigenvalue weighted by atomic mass is 35.5. The van der Waals surface area contributed by atoms with Gasteiger partial charge in [0.25, 0.3) is 17.1 Å². The van der Waals surface area contributed by atoms with Crippen LogP contribution in [-0.4, -0.2) is 22.0 Å². The zero-order chi connectivity index (χ0) is 17.1. The Morgan fingerprint density at radius 2 is 2.04 bits per heavy atom. The van der Waals surface area contributed by atoms with Crippen LogP contribution in [0.1, 0.15) is 10.4 Å². The Kier molecular flexibility index (Phi) is 4.98. The number of hydrogen-bond donors (Lipinski definition) is 2. The van der Waals surface area contributed by atoms with Crippen LogP contribution in [0.5, 0.6) is 0 Å². The number of aromatic nitrogens is 1. The van der Waals surface area contributed by atoms with E-state index in [9.17, 15) is 14.4 Å². The van der Waals surface area contributed by atoms with Gasteiger partial charge in [0.15, 0.2) is 5.13 Å². The fraction of sp³-hybridized carbons (Fsp3) is 0.0667. The van der Waals surface area contributed by atoms with Gasteiger partial charge in [0.1, 0.15) is 0 Å². The van der Waals surface area contributed by atoms with Crippen molar-refractivity contribution in [2.45, 2.75) is 6.42 Å². The maximum atomic E-state index is 11.9. The van der Waals surface area contributed by atoms with Crippen LogP contribution in [0.3, 0.4) is 0 Å². The van der Waals surface area contributed by atoms with Crippen LogP contribution in [0.15, 0.2) is 41.4 Å². The summed E-state index contributed by atoms with van der Waals surface area (Å²) in [6.07, 6.45) is 3.45. The molecule has 122 valence electrons. The summed E-state index contributed by atoms with van der Waals surface area (Å²) in [4.78, 5) is 39.5. The van der Waals surface area contributed by atoms with E-state index < -0.39 is 17.1 Å². The Labute approximate surface area is 150 Å². The summed E-state index contributed by atoms with van der Waals surface area (Å²) in [7, 11) is 0. The van der Waals surface area contributed by atoms with Gasteiger partial charge in [0.2, 0.25) is 0 Å². The van der Waals surface area contributed by atoms with E-state index in [0.717, 1.165) is 16.5 Å². The third kappa shape index (κ3) is 4.22. The largest absolute Gasteiger partial charge is 0.298 e. The molecule has 1 aliphatic rings. The summed E-state index contributed by atoms with van der Waals surface area (Å²) in [5.74, 6) is -1.07. The van der Waals surface area contributed by atoms with Crippen molar-refractivity contribution in [3.63, 3.8) is 0 Å². The van der Waals surface area contributed by atoms with Gasteiger partial charge in [-0.1, -0.05) is 23.7 Å². The van der Waals surface area contributed by atoms with E-state index in [1.165, 1.54) is 11.3 Å². The van der Waals surface area contributed by atoms with Gasteiger partial charge in [-0.25, -0.2) is 4.98 Å². The van der Waals surface area contributed by atoms with Crippen molar-refractivity contribution in [3.05, 3.63) is 56.9 Å². The van der Waals surface area contributed by atoms with Crippen molar-refractivity contribution in [1.82, 2.24) is 10.3 Å². The van der Waals surface area contributed by atoms with Crippen LogP contribution in [0.2, 0.25) is 5.02 Å². The Morgan fingerprint density at radius 1 is 1.29 bits per heavy atom. The molecule has 0 saturated carbocycles. The van der Waals surface area contributed by atoms with Crippen LogP contribution in [-0.2, 0) is 16.0 Å². The number of hydrogen-bond acceptors (Lipinski definition) is 6. The number of carbonyl (C=O) groups excluding carboxylic acids is 3. The van der Waals surface area contributed by atoms with E-state index in [0.29, 0.717) is 28.3 Å². The van der Waals surface area contributed by atoms with E-state index in [-0.39, 0.29) is 4.91 Å².